The summed E-state index contributed by atoms with van der Waals surface area (Å²) in [7, 11) is 0. The molecule has 0 aromatic carbocycles. The maximum absolute atomic E-state index is 5.51. The van der Waals surface area contributed by atoms with E-state index in [0.29, 0.717) is 5.88 Å². The summed E-state index contributed by atoms with van der Waals surface area (Å²) in [5.41, 5.74) is 0. The molecule has 1 atom stereocenters. The molecule has 4 nitrogen and oxygen atoms in total. The van der Waals surface area contributed by atoms with Gasteiger partial charge in [0.15, 0.2) is 6.10 Å². The average Bonchev–Trinajstić information content (AvgIpc) is 2.29. The molecule has 4 heteroatoms. The van der Waals surface area contributed by atoms with Gasteiger partial charge >= 0.3 is 0 Å². The zero-order valence-corrected chi connectivity index (χ0v) is 10.8. The SMILES string of the molecule is C#CC(C)Oc1cc(NCC)nc(C(C)C)n1. The largest absolute Gasteiger partial charge is 0.461 e. The molecule has 0 fully saturated rings. The van der Waals surface area contributed by atoms with Crippen LogP contribution in [0.2, 0.25) is 0 Å². The third kappa shape index (κ3) is 3.95. The Balaban J connectivity index is 2.99. The minimum absolute atomic E-state index is 0.247. The first kappa shape index (κ1) is 13.3. The van der Waals surface area contributed by atoms with E-state index in [9.17, 15) is 0 Å². The molecule has 1 aromatic heterocycles. The van der Waals surface area contributed by atoms with E-state index in [2.05, 4.69) is 21.2 Å². The van der Waals surface area contributed by atoms with Crippen molar-refractivity contribution < 1.29 is 4.74 Å². The van der Waals surface area contributed by atoms with Gasteiger partial charge in [-0.25, -0.2) is 4.98 Å². The second-order valence-electron chi connectivity index (χ2n) is 4.06. The first-order valence-corrected chi connectivity index (χ1v) is 5.82. The number of ether oxygens (including phenoxy) is 1. The van der Waals surface area contributed by atoms with Crippen LogP contribution in [0.1, 0.15) is 39.4 Å². The normalized spacial score (nSPS) is 12.0. The lowest BCUT2D eigenvalue weighted by atomic mass is 10.2. The van der Waals surface area contributed by atoms with Crippen molar-refractivity contribution in [3.63, 3.8) is 0 Å². The maximum atomic E-state index is 5.51. The lowest BCUT2D eigenvalue weighted by molar-refractivity contribution is 0.266. The van der Waals surface area contributed by atoms with Crippen LogP contribution in [0.5, 0.6) is 5.88 Å². The summed E-state index contributed by atoms with van der Waals surface area (Å²) in [6.45, 7) is 8.71. The molecule has 0 spiro atoms. The molecule has 0 amide bonds. The third-order valence-electron chi connectivity index (χ3n) is 2.13. The topological polar surface area (TPSA) is 47.0 Å². The predicted molar refractivity (Wildman–Crippen MR) is 69.2 cm³/mol. The summed E-state index contributed by atoms with van der Waals surface area (Å²) in [5, 5.41) is 3.15. The smallest absolute Gasteiger partial charge is 0.219 e. The molecule has 0 saturated carbocycles. The van der Waals surface area contributed by atoms with Gasteiger partial charge in [-0.2, -0.15) is 4.98 Å². The van der Waals surface area contributed by atoms with Gasteiger partial charge < -0.3 is 10.1 Å². The van der Waals surface area contributed by atoms with Crippen molar-refractivity contribution in [3.8, 4) is 18.2 Å². The van der Waals surface area contributed by atoms with Crippen molar-refractivity contribution in [1.29, 1.82) is 0 Å². The average molecular weight is 233 g/mol. The lowest BCUT2D eigenvalue weighted by Gasteiger charge is -2.13. The minimum Gasteiger partial charge on any atom is -0.461 e. The van der Waals surface area contributed by atoms with Crippen LogP contribution in [-0.4, -0.2) is 22.6 Å². The van der Waals surface area contributed by atoms with Crippen LogP contribution < -0.4 is 10.1 Å². The molecule has 17 heavy (non-hydrogen) atoms. The van der Waals surface area contributed by atoms with Gasteiger partial charge in [0.25, 0.3) is 0 Å². The number of anilines is 1. The van der Waals surface area contributed by atoms with Crippen molar-refractivity contribution in [2.24, 2.45) is 0 Å². The quantitative estimate of drug-likeness (QED) is 0.793. The fourth-order valence-corrected chi connectivity index (χ4v) is 1.25. The Morgan fingerprint density at radius 1 is 1.41 bits per heavy atom. The number of hydrogen-bond acceptors (Lipinski definition) is 4. The van der Waals surface area contributed by atoms with Gasteiger partial charge in [0.1, 0.15) is 11.6 Å². The van der Waals surface area contributed by atoms with Crippen molar-refractivity contribution >= 4 is 5.82 Å². The van der Waals surface area contributed by atoms with Crippen LogP contribution in [-0.2, 0) is 0 Å². The van der Waals surface area contributed by atoms with Crippen molar-refractivity contribution in [1.82, 2.24) is 9.97 Å². The molecular formula is C13H19N3O. The molecule has 1 rings (SSSR count). The van der Waals surface area contributed by atoms with E-state index in [1.807, 2.05) is 27.7 Å². The number of rotatable bonds is 5. The zero-order valence-electron chi connectivity index (χ0n) is 10.8. The highest BCUT2D eigenvalue weighted by Crippen LogP contribution is 2.19. The number of nitrogens with one attached hydrogen (secondary N) is 1. The standard InChI is InChI=1S/C13H19N3O/c1-6-10(5)17-12-8-11(14-7-2)15-13(16-12)9(3)4/h1,8-10H,7H2,2-5H3,(H,14,15,16). The maximum Gasteiger partial charge on any atom is 0.219 e. The second-order valence-corrected chi connectivity index (χ2v) is 4.06. The Hall–Kier alpha value is -1.76. The summed E-state index contributed by atoms with van der Waals surface area (Å²) in [4.78, 5) is 8.74. The zero-order chi connectivity index (χ0) is 12.8. The highest BCUT2D eigenvalue weighted by molar-refractivity contribution is 5.38. The number of aromatic nitrogens is 2. The monoisotopic (exact) mass is 233 g/mol. The Labute approximate surface area is 103 Å². The van der Waals surface area contributed by atoms with Crippen LogP contribution in [0.4, 0.5) is 5.82 Å². The fourth-order valence-electron chi connectivity index (χ4n) is 1.25. The van der Waals surface area contributed by atoms with Crippen LogP contribution in [0.25, 0.3) is 0 Å². The Kier molecular flexibility index (Phi) is 4.77. The van der Waals surface area contributed by atoms with Crippen LogP contribution in [0.15, 0.2) is 6.07 Å². The van der Waals surface area contributed by atoms with Gasteiger partial charge in [-0.05, 0) is 13.8 Å². The van der Waals surface area contributed by atoms with E-state index in [0.717, 1.165) is 18.2 Å². The summed E-state index contributed by atoms with van der Waals surface area (Å²) in [5.74, 6) is 4.80. The molecule has 0 aliphatic heterocycles. The molecule has 0 aliphatic carbocycles. The van der Waals surface area contributed by atoms with E-state index in [4.69, 9.17) is 11.2 Å². The first-order chi connectivity index (χ1) is 8.06. The molecule has 1 aromatic rings. The Morgan fingerprint density at radius 3 is 2.65 bits per heavy atom. The van der Waals surface area contributed by atoms with E-state index in [-0.39, 0.29) is 12.0 Å². The Bertz CT molecular complexity index is 410. The molecule has 0 radical (unpaired) electrons. The summed E-state index contributed by atoms with van der Waals surface area (Å²) >= 11 is 0. The summed E-state index contributed by atoms with van der Waals surface area (Å²) in [6, 6.07) is 1.77. The van der Waals surface area contributed by atoms with Gasteiger partial charge in [-0.3, -0.25) is 0 Å². The van der Waals surface area contributed by atoms with Gasteiger partial charge in [-0.15, -0.1) is 6.42 Å². The van der Waals surface area contributed by atoms with Crippen molar-refractivity contribution in [2.45, 2.75) is 39.7 Å². The number of nitrogens with zero attached hydrogens (tertiary/aromatic N) is 2. The summed E-state index contributed by atoms with van der Waals surface area (Å²) < 4.78 is 5.51. The van der Waals surface area contributed by atoms with Crippen molar-refractivity contribution in [3.05, 3.63) is 11.9 Å². The Morgan fingerprint density at radius 2 is 2.12 bits per heavy atom. The number of hydrogen-bond donors (Lipinski definition) is 1. The van der Waals surface area contributed by atoms with Crippen LogP contribution in [0.3, 0.4) is 0 Å². The van der Waals surface area contributed by atoms with Gasteiger partial charge in [0.05, 0.1) is 0 Å². The molecule has 0 bridgehead atoms. The molecule has 1 heterocycles. The third-order valence-corrected chi connectivity index (χ3v) is 2.13. The minimum atomic E-state index is -0.292. The van der Waals surface area contributed by atoms with Gasteiger partial charge in [0, 0.05) is 18.5 Å². The highest BCUT2D eigenvalue weighted by atomic mass is 16.5. The van der Waals surface area contributed by atoms with Crippen molar-refractivity contribution in [2.75, 3.05) is 11.9 Å². The fraction of sp³-hybridized carbons (Fsp3) is 0.538. The first-order valence-electron chi connectivity index (χ1n) is 5.82. The molecule has 0 saturated heterocycles. The van der Waals surface area contributed by atoms with Gasteiger partial charge in [0.2, 0.25) is 5.88 Å². The predicted octanol–water partition coefficient (Wildman–Crippen LogP) is 2.43. The second kappa shape index (κ2) is 6.09. The summed E-state index contributed by atoms with van der Waals surface area (Å²) in [6.07, 6.45) is 4.99. The van der Waals surface area contributed by atoms with E-state index >= 15 is 0 Å². The van der Waals surface area contributed by atoms with Gasteiger partial charge in [-0.1, -0.05) is 19.8 Å². The van der Waals surface area contributed by atoms with Crippen LogP contribution >= 0.6 is 0 Å². The molecular weight excluding hydrogens is 214 g/mol. The lowest BCUT2D eigenvalue weighted by Crippen LogP contribution is -2.12. The molecule has 0 aliphatic rings. The van der Waals surface area contributed by atoms with E-state index in [1.54, 1.807) is 6.07 Å². The molecule has 1 unspecified atom stereocenters. The van der Waals surface area contributed by atoms with Crippen LogP contribution in [0, 0.1) is 12.3 Å². The van der Waals surface area contributed by atoms with E-state index in [1.165, 1.54) is 0 Å². The molecule has 1 N–H and O–H groups in total. The molecule has 92 valence electrons. The number of terminal acetylenes is 1. The van der Waals surface area contributed by atoms with E-state index < -0.39 is 0 Å². The highest BCUT2D eigenvalue weighted by Gasteiger charge is 2.10.